The molecule has 1 aliphatic rings. The summed E-state index contributed by atoms with van der Waals surface area (Å²) in [6.45, 7) is 8.58. The lowest BCUT2D eigenvalue weighted by molar-refractivity contribution is 0.0761. The van der Waals surface area contributed by atoms with Crippen LogP contribution in [0.3, 0.4) is 0 Å². The van der Waals surface area contributed by atoms with Crippen LogP contribution >= 0.6 is 0 Å². The summed E-state index contributed by atoms with van der Waals surface area (Å²) in [5, 5.41) is 9.98. The van der Waals surface area contributed by atoms with Crippen molar-refractivity contribution in [3.05, 3.63) is 62.3 Å². The van der Waals surface area contributed by atoms with Crippen molar-refractivity contribution in [2.75, 3.05) is 26.2 Å². The molecular formula is C21H27FN4O2. The fraction of sp³-hybridized carbons (Fsp3) is 0.476. The molecule has 2 aromatic rings. The van der Waals surface area contributed by atoms with E-state index in [2.05, 4.69) is 15.5 Å². The van der Waals surface area contributed by atoms with E-state index >= 15 is 0 Å². The molecule has 1 aromatic heterocycles. The summed E-state index contributed by atoms with van der Waals surface area (Å²) in [6, 6.07) is 4.61. The predicted molar refractivity (Wildman–Crippen MR) is 106 cm³/mol. The fourth-order valence-electron chi connectivity index (χ4n) is 3.71. The maximum atomic E-state index is 14.4. The largest absolute Gasteiger partial charge is 0.337 e. The molecule has 1 amide bonds. The molecule has 0 spiro atoms. The molecule has 3 rings (SSSR count). The summed E-state index contributed by atoms with van der Waals surface area (Å²) in [4.78, 5) is 26.6. The molecule has 0 bridgehead atoms. The predicted octanol–water partition coefficient (Wildman–Crippen LogP) is 2.37. The second-order valence-corrected chi connectivity index (χ2v) is 7.58. The molecule has 0 atom stereocenters. The SMILES string of the molecule is Cc1c(Cc2ccc(F)c(C(=O)N3CCCNCC3)c2)n[nH]c(=O)c1C(C)C. The number of halogens is 1. The van der Waals surface area contributed by atoms with E-state index < -0.39 is 5.82 Å². The van der Waals surface area contributed by atoms with Crippen molar-refractivity contribution < 1.29 is 9.18 Å². The Balaban J connectivity index is 1.89. The molecule has 0 unspecified atom stereocenters. The van der Waals surface area contributed by atoms with Gasteiger partial charge in [-0.3, -0.25) is 9.59 Å². The Kier molecular flexibility index (Phi) is 6.24. The average Bonchev–Trinajstić information content (AvgIpc) is 2.94. The quantitative estimate of drug-likeness (QED) is 0.846. The zero-order valence-electron chi connectivity index (χ0n) is 16.6. The third-order valence-corrected chi connectivity index (χ3v) is 5.21. The van der Waals surface area contributed by atoms with Gasteiger partial charge in [-0.05, 0) is 49.1 Å². The minimum absolute atomic E-state index is 0.0764. The van der Waals surface area contributed by atoms with Gasteiger partial charge in [0.15, 0.2) is 0 Å². The molecule has 1 aromatic carbocycles. The van der Waals surface area contributed by atoms with Crippen molar-refractivity contribution in [1.29, 1.82) is 0 Å². The van der Waals surface area contributed by atoms with E-state index in [1.54, 1.807) is 17.0 Å². The van der Waals surface area contributed by atoms with Crippen LogP contribution in [-0.4, -0.2) is 47.2 Å². The molecule has 0 saturated carbocycles. The Labute approximate surface area is 164 Å². The molecule has 6 nitrogen and oxygen atoms in total. The molecule has 7 heteroatoms. The van der Waals surface area contributed by atoms with Gasteiger partial charge in [0, 0.05) is 31.6 Å². The number of amides is 1. The van der Waals surface area contributed by atoms with Crippen LogP contribution in [0.2, 0.25) is 0 Å². The molecule has 2 heterocycles. The Hall–Kier alpha value is -2.54. The average molecular weight is 386 g/mol. The lowest BCUT2D eigenvalue weighted by atomic mass is 9.96. The van der Waals surface area contributed by atoms with Gasteiger partial charge in [-0.1, -0.05) is 19.9 Å². The van der Waals surface area contributed by atoms with Gasteiger partial charge in [-0.25, -0.2) is 9.49 Å². The molecule has 0 aliphatic carbocycles. The van der Waals surface area contributed by atoms with E-state index in [0.717, 1.165) is 29.8 Å². The molecule has 28 heavy (non-hydrogen) atoms. The topological polar surface area (TPSA) is 78.1 Å². The smallest absolute Gasteiger partial charge is 0.267 e. The number of carbonyl (C=O) groups is 1. The highest BCUT2D eigenvalue weighted by Gasteiger charge is 2.21. The summed E-state index contributed by atoms with van der Waals surface area (Å²) >= 11 is 0. The Bertz CT molecular complexity index is 915. The molecule has 0 radical (unpaired) electrons. The number of aromatic nitrogens is 2. The molecule has 1 aliphatic heterocycles. The van der Waals surface area contributed by atoms with Gasteiger partial charge in [0.05, 0.1) is 11.3 Å². The van der Waals surface area contributed by atoms with Crippen molar-refractivity contribution in [2.45, 2.75) is 39.5 Å². The van der Waals surface area contributed by atoms with Gasteiger partial charge < -0.3 is 10.2 Å². The van der Waals surface area contributed by atoms with Gasteiger partial charge in [0.1, 0.15) is 5.82 Å². The summed E-state index contributed by atoms with van der Waals surface area (Å²) in [6.07, 6.45) is 1.27. The summed E-state index contributed by atoms with van der Waals surface area (Å²) in [5.74, 6) is -0.718. The number of carbonyl (C=O) groups excluding carboxylic acids is 1. The number of rotatable bonds is 4. The summed E-state index contributed by atoms with van der Waals surface area (Å²) < 4.78 is 14.4. The van der Waals surface area contributed by atoms with Crippen LogP contribution in [0, 0.1) is 12.7 Å². The van der Waals surface area contributed by atoms with Gasteiger partial charge in [-0.15, -0.1) is 0 Å². The number of benzene rings is 1. The Morgan fingerprint density at radius 3 is 2.82 bits per heavy atom. The van der Waals surface area contributed by atoms with Crippen molar-refractivity contribution in [3.63, 3.8) is 0 Å². The lowest BCUT2D eigenvalue weighted by Crippen LogP contribution is -2.34. The third kappa shape index (κ3) is 4.30. The molecule has 1 fully saturated rings. The first-order chi connectivity index (χ1) is 13.4. The van der Waals surface area contributed by atoms with E-state index in [9.17, 15) is 14.0 Å². The normalized spacial score (nSPS) is 15.0. The van der Waals surface area contributed by atoms with E-state index in [1.807, 2.05) is 20.8 Å². The van der Waals surface area contributed by atoms with Crippen LogP contribution in [0.1, 0.15) is 58.9 Å². The fourth-order valence-corrected chi connectivity index (χ4v) is 3.71. The van der Waals surface area contributed by atoms with E-state index in [0.29, 0.717) is 31.6 Å². The summed E-state index contributed by atoms with van der Waals surface area (Å²) in [5.41, 5.74) is 2.98. The van der Waals surface area contributed by atoms with Crippen LogP contribution in [0.15, 0.2) is 23.0 Å². The highest BCUT2D eigenvalue weighted by molar-refractivity contribution is 5.94. The van der Waals surface area contributed by atoms with Crippen LogP contribution in [0.25, 0.3) is 0 Å². The van der Waals surface area contributed by atoms with E-state index in [4.69, 9.17) is 0 Å². The van der Waals surface area contributed by atoms with E-state index in [1.165, 1.54) is 6.07 Å². The van der Waals surface area contributed by atoms with Crippen LogP contribution in [0.5, 0.6) is 0 Å². The van der Waals surface area contributed by atoms with Crippen molar-refractivity contribution in [1.82, 2.24) is 20.4 Å². The highest BCUT2D eigenvalue weighted by atomic mass is 19.1. The van der Waals surface area contributed by atoms with Crippen molar-refractivity contribution in [2.24, 2.45) is 0 Å². The van der Waals surface area contributed by atoms with Gasteiger partial charge in [0.2, 0.25) is 0 Å². The van der Waals surface area contributed by atoms with Gasteiger partial charge in [-0.2, -0.15) is 5.10 Å². The first-order valence-electron chi connectivity index (χ1n) is 9.75. The van der Waals surface area contributed by atoms with Crippen LogP contribution in [-0.2, 0) is 6.42 Å². The molecule has 150 valence electrons. The Morgan fingerprint density at radius 2 is 2.07 bits per heavy atom. The maximum Gasteiger partial charge on any atom is 0.267 e. The first kappa shape index (κ1) is 20.2. The Morgan fingerprint density at radius 1 is 1.29 bits per heavy atom. The second kappa shape index (κ2) is 8.65. The monoisotopic (exact) mass is 386 g/mol. The zero-order valence-corrected chi connectivity index (χ0v) is 16.6. The summed E-state index contributed by atoms with van der Waals surface area (Å²) in [7, 11) is 0. The maximum absolute atomic E-state index is 14.4. The van der Waals surface area contributed by atoms with Crippen LogP contribution in [0.4, 0.5) is 4.39 Å². The lowest BCUT2D eigenvalue weighted by Gasteiger charge is -2.20. The standard InChI is InChI=1S/C21H27FN4O2/c1-13(2)19-14(3)18(24-25-20(19)27)12-15-5-6-17(22)16(11-15)21(28)26-9-4-7-23-8-10-26/h5-6,11,13,23H,4,7-10,12H2,1-3H3,(H,25,27). The van der Waals surface area contributed by atoms with E-state index in [-0.39, 0.29) is 22.9 Å². The number of nitrogens with one attached hydrogen (secondary N) is 2. The molecule has 1 saturated heterocycles. The minimum atomic E-state index is -0.514. The van der Waals surface area contributed by atoms with Gasteiger partial charge >= 0.3 is 0 Å². The highest BCUT2D eigenvalue weighted by Crippen LogP contribution is 2.20. The minimum Gasteiger partial charge on any atom is -0.337 e. The number of hydrogen-bond acceptors (Lipinski definition) is 4. The molecule has 2 N–H and O–H groups in total. The number of aromatic amines is 1. The van der Waals surface area contributed by atoms with Crippen LogP contribution < -0.4 is 10.9 Å². The molecular weight excluding hydrogens is 359 g/mol. The first-order valence-corrected chi connectivity index (χ1v) is 9.75. The van der Waals surface area contributed by atoms with Crippen molar-refractivity contribution in [3.8, 4) is 0 Å². The third-order valence-electron chi connectivity index (χ3n) is 5.21. The van der Waals surface area contributed by atoms with Crippen molar-refractivity contribution >= 4 is 5.91 Å². The number of nitrogens with zero attached hydrogens (tertiary/aromatic N) is 2. The zero-order chi connectivity index (χ0) is 20.3. The number of hydrogen-bond donors (Lipinski definition) is 2. The van der Waals surface area contributed by atoms with Gasteiger partial charge in [0.25, 0.3) is 11.5 Å². The number of H-pyrrole nitrogens is 1. The second-order valence-electron chi connectivity index (χ2n) is 7.58.